The van der Waals surface area contributed by atoms with E-state index in [9.17, 15) is 0 Å². The number of hydrogen-bond donors (Lipinski definition) is 0. The van der Waals surface area contributed by atoms with Crippen molar-refractivity contribution in [3.63, 3.8) is 0 Å². The van der Waals surface area contributed by atoms with Crippen molar-refractivity contribution in [3.8, 4) is 12.3 Å². The fourth-order valence-electron chi connectivity index (χ4n) is 0.404. The highest BCUT2D eigenvalue weighted by molar-refractivity contribution is 7.09. The van der Waals surface area contributed by atoms with Gasteiger partial charge in [0.2, 0.25) is 0 Å². The number of terminal acetylenes is 1. The van der Waals surface area contributed by atoms with E-state index >= 15 is 0 Å². The van der Waals surface area contributed by atoms with E-state index in [0.717, 1.165) is 0 Å². The van der Waals surface area contributed by atoms with Gasteiger partial charge in [0.1, 0.15) is 0 Å². The van der Waals surface area contributed by atoms with Crippen LogP contribution in [0.1, 0.15) is 6.42 Å². The Labute approximate surface area is 64.4 Å². The van der Waals surface area contributed by atoms with E-state index in [0.29, 0.717) is 13.0 Å². The van der Waals surface area contributed by atoms with E-state index < -0.39 is 0 Å². The fraction of sp³-hybridized carbons (Fsp3) is 0.250. The summed E-state index contributed by atoms with van der Waals surface area (Å²) in [6.45, 7) is 0.616. The van der Waals surface area contributed by atoms with Gasteiger partial charge < -0.3 is 4.52 Å². The van der Waals surface area contributed by atoms with Crippen LogP contribution in [0, 0.1) is 12.3 Å². The number of allylic oxidation sites excluding steroid dienone is 3. The predicted molar refractivity (Wildman–Crippen MR) is 47.4 cm³/mol. The van der Waals surface area contributed by atoms with Crippen LogP contribution in [0.5, 0.6) is 0 Å². The Morgan fingerprint density at radius 1 is 1.40 bits per heavy atom. The lowest BCUT2D eigenvalue weighted by Gasteiger charge is -1.83. The lowest BCUT2D eigenvalue weighted by Crippen LogP contribution is -1.71. The molecule has 0 fully saturated rings. The lowest BCUT2D eigenvalue weighted by atomic mass is 10.4. The van der Waals surface area contributed by atoms with Crippen molar-refractivity contribution in [3.05, 3.63) is 24.3 Å². The quantitative estimate of drug-likeness (QED) is 0.341. The maximum atomic E-state index is 5.02. The fourth-order valence-corrected chi connectivity index (χ4v) is 0.515. The van der Waals surface area contributed by atoms with Crippen LogP contribution < -0.4 is 0 Å². The summed E-state index contributed by atoms with van der Waals surface area (Å²) in [4.78, 5) is 0. The smallest absolute Gasteiger partial charge is 0.0686 e. The molecule has 0 N–H and O–H groups in total. The minimum Gasteiger partial charge on any atom is -0.362 e. The van der Waals surface area contributed by atoms with Crippen molar-refractivity contribution in [2.45, 2.75) is 6.42 Å². The van der Waals surface area contributed by atoms with Crippen LogP contribution in [0.4, 0.5) is 0 Å². The topological polar surface area (TPSA) is 9.23 Å². The van der Waals surface area contributed by atoms with Crippen molar-refractivity contribution in [1.82, 2.24) is 0 Å². The normalized spacial score (nSPS) is 10.8. The molecule has 0 saturated carbocycles. The molecular formula is C8H11OP. The first kappa shape index (κ1) is 9.43. The summed E-state index contributed by atoms with van der Waals surface area (Å²) in [5.74, 6) is 2.50. The molecule has 0 aliphatic rings. The first-order valence-corrected chi connectivity index (χ1v) is 3.45. The molecule has 0 aliphatic carbocycles. The predicted octanol–water partition coefficient (Wildman–Crippen LogP) is 1.93. The molecule has 2 heteroatoms. The average Bonchev–Trinajstić information content (AvgIpc) is 1.97. The van der Waals surface area contributed by atoms with E-state index in [2.05, 4.69) is 15.4 Å². The second-order valence-corrected chi connectivity index (χ2v) is 1.93. The molecule has 1 unspecified atom stereocenters. The first-order chi connectivity index (χ1) is 4.91. The Morgan fingerprint density at radius 2 is 2.10 bits per heavy atom. The third kappa shape index (κ3) is 7.43. The molecule has 0 aromatic carbocycles. The zero-order valence-corrected chi connectivity index (χ0v) is 6.94. The Morgan fingerprint density at radius 3 is 2.70 bits per heavy atom. The molecule has 0 aromatic rings. The standard InChI is InChI=1S/C8H11OP/c1-2-3-4-5-6-7-8-9-10/h1,4-7H,3,8,10H2/b5-4-,7-6+. The van der Waals surface area contributed by atoms with Gasteiger partial charge in [-0.2, -0.15) is 0 Å². The third-order valence-electron chi connectivity index (χ3n) is 0.811. The van der Waals surface area contributed by atoms with Crippen LogP contribution in [0.3, 0.4) is 0 Å². The molecule has 0 radical (unpaired) electrons. The van der Waals surface area contributed by atoms with Crippen molar-refractivity contribution in [1.29, 1.82) is 0 Å². The molecule has 0 saturated heterocycles. The Balaban J connectivity index is 3.25. The minimum absolute atomic E-state index is 0.616. The highest BCUT2D eigenvalue weighted by atomic mass is 31.0. The van der Waals surface area contributed by atoms with Crippen LogP contribution >= 0.6 is 9.47 Å². The van der Waals surface area contributed by atoms with Gasteiger partial charge in [0.05, 0.1) is 6.61 Å². The van der Waals surface area contributed by atoms with E-state index in [1.54, 1.807) is 0 Å². The second-order valence-electron chi connectivity index (χ2n) is 1.60. The summed E-state index contributed by atoms with van der Waals surface area (Å²) >= 11 is 0. The zero-order valence-electron chi connectivity index (χ0n) is 5.79. The molecule has 0 spiro atoms. The third-order valence-corrected chi connectivity index (χ3v) is 1.00. The molecule has 10 heavy (non-hydrogen) atoms. The highest BCUT2D eigenvalue weighted by Gasteiger charge is 1.68. The van der Waals surface area contributed by atoms with Crippen molar-refractivity contribution >= 4 is 9.47 Å². The first-order valence-electron chi connectivity index (χ1n) is 2.98. The van der Waals surface area contributed by atoms with Gasteiger partial charge in [-0.1, -0.05) is 24.3 Å². The summed E-state index contributed by atoms with van der Waals surface area (Å²) in [5.41, 5.74) is 0. The van der Waals surface area contributed by atoms with Crippen LogP contribution in [0.25, 0.3) is 0 Å². The molecular weight excluding hydrogens is 143 g/mol. The lowest BCUT2D eigenvalue weighted by molar-refractivity contribution is 0.427. The molecule has 0 bridgehead atoms. The van der Waals surface area contributed by atoms with Crippen LogP contribution in [0.15, 0.2) is 24.3 Å². The zero-order chi connectivity index (χ0) is 7.66. The van der Waals surface area contributed by atoms with Gasteiger partial charge in [0, 0.05) is 15.9 Å². The summed E-state index contributed by atoms with van der Waals surface area (Å²) in [5, 5.41) is 0. The van der Waals surface area contributed by atoms with Gasteiger partial charge in [-0.15, -0.1) is 12.3 Å². The SMILES string of the molecule is C#CC/C=C\C=C\COP. The molecule has 1 nitrogen and oxygen atoms in total. The largest absolute Gasteiger partial charge is 0.362 e. The minimum atomic E-state index is 0.616. The van der Waals surface area contributed by atoms with Gasteiger partial charge in [-0.05, 0) is 0 Å². The molecule has 0 aromatic heterocycles. The van der Waals surface area contributed by atoms with Gasteiger partial charge in [-0.3, -0.25) is 0 Å². The van der Waals surface area contributed by atoms with Crippen LogP contribution in [0.2, 0.25) is 0 Å². The number of rotatable bonds is 4. The Bertz CT molecular complexity index is 153. The highest BCUT2D eigenvalue weighted by Crippen LogP contribution is 1.86. The second kappa shape index (κ2) is 8.43. The van der Waals surface area contributed by atoms with Crippen molar-refractivity contribution in [2.24, 2.45) is 0 Å². The van der Waals surface area contributed by atoms with Gasteiger partial charge >= 0.3 is 0 Å². The van der Waals surface area contributed by atoms with Crippen LogP contribution in [-0.2, 0) is 4.52 Å². The van der Waals surface area contributed by atoms with E-state index in [-0.39, 0.29) is 0 Å². The van der Waals surface area contributed by atoms with Gasteiger partial charge in [0.15, 0.2) is 0 Å². The molecule has 54 valence electrons. The van der Waals surface area contributed by atoms with E-state index in [4.69, 9.17) is 10.9 Å². The van der Waals surface area contributed by atoms with Crippen molar-refractivity contribution < 1.29 is 4.52 Å². The number of hydrogen-bond acceptors (Lipinski definition) is 1. The summed E-state index contributed by atoms with van der Waals surface area (Å²) in [6.07, 6.45) is 13.3. The maximum absolute atomic E-state index is 5.02. The Kier molecular flexibility index (Phi) is 7.95. The summed E-state index contributed by atoms with van der Waals surface area (Å²) < 4.78 is 4.70. The summed E-state index contributed by atoms with van der Waals surface area (Å²) in [6, 6.07) is 0. The monoisotopic (exact) mass is 154 g/mol. The van der Waals surface area contributed by atoms with Crippen molar-refractivity contribution in [2.75, 3.05) is 6.61 Å². The molecule has 0 rings (SSSR count). The van der Waals surface area contributed by atoms with Gasteiger partial charge in [0.25, 0.3) is 0 Å². The van der Waals surface area contributed by atoms with E-state index in [1.807, 2.05) is 24.3 Å². The molecule has 0 heterocycles. The molecule has 0 amide bonds. The molecule has 0 aliphatic heterocycles. The van der Waals surface area contributed by atoms with Gasteiger partial charge in [-0.25, -0.2) is 0 Å². The summed E-state index contributed by atoms with van der Waals surface area (Å²) in [7, 11) is 2.18. The van der Waals surface area contributed by atoms with Crippen LogP contribution in [-0.4, -0.2) is 6.61 Å². The van der Waals surface area contributed by atoms with E-state index in [1.165, 1.54) is 0 Å². The average molecular weight is 154 g/mol. The Hall–Kier alpha value is -0.570. The molecule has 1 atom stereocenters. The maximum Gasteiger partial charge on any atom is 0.0686 e.